The lowest BCUT2D eigenvalue weighted by atomic mass is 9.80. The fourth-order valence-electron chi connectivity index (χ4n) is 2.08. The number of furan rings is 1. The van der Waals surface area contributed by atoms with Gasteiger partial charge in [0.25, 0.3) is 0 Å². The van der Waals surface area contributed by atoms with Crippen LogP contribution in [-0.2, 0) is 16.6 Å². The lowest BCUT2D eigenvalue weighted by molar-refractivity contribution is 0.248. The van der Waals surface area contributed by atoms with E-state index in [0.717, 1.165) is 19.3 Å². The molecule has 1 aromatic rings. The van der Waals surface area contributed by atoms with E-state index >= 15 is 0 Å². The average Bonchev–Trinajstić information content (AvgIpc) is 2.57. The summed E-state index contributed by atoms with van der Waals surface area (Å²) in [5, 5.41) is 0. The van der Waals surface area contributed by atoms with E-state index in [1.54, 1.807) is 6.92 Å². The zero-order valence-corrected chi connectivity index (χ0v) is 10.9. The highest BCUT2D eigenvalue weighted by molar-refractivity contribution is 7.89. The first-order chi connectivity index (χ1) is 7.86. The Hall–Kier alpha value is -0.850. The van der Waals surface area contributed by atoms with Crippen molar-refractivity contribution in [1.82, 2.24) is 4.72 Å². The number of aryl methyl sites for hydroxylation is 1. The van der Waals surface area contributed by atoms with Crippen LogP contribution < -0.4 is 10.5 Å². The molecule has 0 aromatic carbocycles. The van der Waals surface area contributed by atoms with Crippen LogP contribution >= 0.6 is 0 Å². The maximum absolute atomic E-state index is 12.2. The van der Waals surface area contributed by atoms with Crippen LogP contribution in [0, 0.1) is 6.92 Å². The molecule has 1 saturated carbocycles. The van der Waals surface area contributed by atoms with Crippen LogP contribution in [0.5, 0.6) is 0 Å². The summed E-state index contributed by atoms with van der Waals surface area (Å²) in [4.78, 5) is 0.200. The van der Waals surface area contributed by atoms with E-state index in [1.165, 1.54) is 6.07 Å². The highest BCUT2D eigenvalue weighted by Crippen LogP contribution is 2.33. The van der Waals surface area contributed by atoms with Gasteiger partial charge in [-0.25, -0.2) is 13.1 Å². The normalized spacial score (nSPS) is 19.0. The Labute approximate surface area is 101 Å². The molecule has 1 aromatic heterocycles. The van der Waals surface area contributed by atoms with Crippen molar-refractivity contribution in [2.45, 2.75) is 50.1 Å². The number of hydrogen-bond donors (Lipinski definition) is 2. The second-order valence-electron chi connectivity index (χ2n) is 4.86. The Kier molecular flexibility index (Phi) is 3.05. The van der Waals surface area contributed by atoms with E-state index < -0.39 is 10.0 Å². The highest BCUT2D eigenvalue weighted by Gasteiger charge is 2.37. The average molecular weight is 258 g/mol. The van der Waals surface area contributed by atoms with Crippen LogP contribution in [0.1, 0.15) is 37.7 Å². The van der Waals surface area contributed by atoms with Crippen LogP contribution in [0.2, 0.25) is 0 Å². The molecule has 96 valence electrons. The summed E-state index contributed by atoms with van der Waals surface area (Å²) < 4.78 is 32.4. The molecule has 1 aliphatic rings. The molecular formula is C11H18N2O3S. The minimum atomic E-state index is -3.50. The maximum Gasteiger partial charge on any atom is 0.244 e. The van der Waals surface area contributed by atoms with Gasteiger partial charge in [0.15, 0.2) is 0 Å². The molecule has 1 fully saturated rings. The standard InChI is InChI=1S/C11H18N2O3S/c1-8-10(6-9(7-12)16-8)17(14,15)13-11(2)4-3-5-11/h6,13H,3-5,7,12H2,1-2H3. The molecule has 17 heavy (non-hydrogen) atoms. The summed E-state index contributed by atoms with van der Waals surface area (Å²) in [6.07, 6.45) is 2.83. The Bertz CT molecular complexity index is 515. The minimum Gasteiger partial charge on any atom is -0.464 e. The topological polar surface area (TPSA) is 85.3 Å². The van der Waals surface area contributed by atoms with E-state index in [1.807, 2.05) is 6.92 Å². The molecule has 6 heteroatoms. The van der Waals surface area contributed by atoms with Crippen molar-refractivity contribution in [2.24, 2.45) is 5.73 Å². The maximum atomic E-state index is 12.2. The van der Waals surface area contributed by atoms with Gasteiger partial charge in [0, 0.05) is 11.6 Å². The smallest absolute Gasteiger partial charge is 0.244 e. The van der Waals surface area contributed by atoms with Crippen molar-refractivity contribution in [1.29, 1.82) is 0 Å². The molecule has 0 spiro atoms. The predicted molar refractivity (Wildman–Crippen MR) is 63.9 cm³/mol. The summed E-state index contributed by atoms with van der Waals surface area (Å²) in [5.41, 5.74) is 5.13. The van der Waals surface area contributed by atoms with Crippen molar-refractivity contribution in [3.63, 3.8) is 0 Å². The Morgan fingerprint density at radius 3 is 2.59 bits per heavy atom. The molecule has 0 unspecified atom stereocenters. The molecule has 0 radical (unpaired) electrons. The van der Waals surface area contributed by atoms with Gasteiger partial charge in [0.1, 0.15) is 16.4 Å². The Morgan fingerprint density at radius 1 is 1.53 bits per heavy atom. The quantitative estimate of drug-likeness (QED) is 0.851. The van der Waals surface area contributed by atoms with E-state index in [-0.39, 0.29) is 17.0 Å². The second kappa shape index (κ2) is 4.12. The SMILES string of the molecule is Cc1oc(CN)cc1S(=O)(=O)NC1(C)CCC1. The first kappa shape index (κ1) is 12.6. The van der Waals surface area contributed by atoms with E-state index in [2.05, 4.69) is 4.72 Å². The number of nitrogens with two attached hydrogens (primary N) is 1. The monoisotopic (exact) mass is 258 g/mol. The van der Waals surface area contributed by atoms with E-state index in [0.29, 0.717) is 11.5 Å². The fraction of sp³-hybridized carbons (Fsp3) is 0.636. The van der Waals surface area contributed by atoms with Crippen LogP contribution in [0.4, 0.5) is 0 Å². The van der Waals surface area contributed by atoms with Crippen molar-refractivity contribution in [2.75, 3.05) is 0 Å². The zero-order valence-electron chi connectivity index (χ0n) is 10.1. The van der Waals surface area contributed by atoms with Gasteiger partial charge in [-0.2, -0.15) is 0 Å². The molecule has 1 heterocycles. The van der Waals surface area contributed by atoms with Crippen LogP contribution in [0.3, 0.4) is 0 Å². The molecule has 0 bridgehead atoms. The predicted octanol–water partition coefficient (Wildman–Crippen LogP) is 1.27. The van der Waals surface area contributed by atoms with Crippen LogP contribution in [0.25, 0.3) is 0 Å². The zero-order chi connectivity index (χ0) is 12.7. The van der Waals surface area contributed by atoms with Crippen molar-refractivity contribution in [3.8, 4) is 0 Å². The fourth-order valence-corrected chi connectivity index (χ4v) is 3.75. The van der Waals surface area contributed by atoms with Crippen molar-refractivity contribution >= 4 is 10.0 Å². The van der Waals surface area contributed by atoms with Gasteiger partial charge in [-0.1, -0.05) is 0 Å². The summed E-state index contributed by atoms with van der Waals surface area (Å²) in [6.45, 7) is 3.76. The summed E-state index contributed by atoms with van der Waals surface area (Å²) in [6, 6.07) is 1.50. The van der Waals surface area contributed by atoms with Gasteiger partial charge >= 0.3 is 0 Å². The largest absolute Gasteiger partial charge is 0.464 e. The van der Waals surface area contributed by atoms with Crippen LogP contribution in [-0.4, -0.2) is 14.0 Å². The molecule has 0 atom stereocenters. The molecule has 5 nitrogen and oxygen atoms in total. The number of nitrogens with one attached hydrogen (secondary N) is 1. The van der Waals surface area contributed by atoms with E-state index in [4.69, 9.17) is 10.2 Å². The van der Waals surface area contributed by atoms with Crippen molar-refractivity contribution < 1.29 is 12.8 Å². The van der Waals surface area contributed by atoms with Gasteiger partial charge in [0.2, 0.25) is 10.0 Å². The minimum absolute atomic E-state index is 0.200. The van der Waals surface area contributed by atoms with Crippen LogP contribution in [0.15, 0.2) is 15.4 Å². The number of hydrogen-bond acceptors (Lipinski definition) is 4. The number of sulfonamides is 1. The van der Waals surface area contributed by atoms with Gasteiger partial charge in [-0.05, 0) is 33.1 Å². The van der Waals surface area contributed by atoms with Gasteiger partial charge in [-0.15, -0.1) is 0 Å². The third-order valence-electron chi connectivity index (χ3n) is 3.25. The van der Waals surface area contributed by atoms with Gasteiger partial charge in [-0.3, -0.25) is 0 Å². The Morgan fingerprint density at radius 2 is 2.18 bits per heavy atom. The van der Waals surface area contributed by atoms with E-state index in [9.17, 15) is 8.42 Å². The third kappa shape index (κ3) is 2.38. The molecule has 0 aliphatic heterocycles. The molecule has 3 N–H and O–H groups in total. The molecular weight excluding hydrogens is 240 g/mol. The first-order valence-electron chi connectivity index (χ1n) is 5.70. The second-order valence-corrected chi connectivity index (χ2v) is 6.51. The lowest BCUT2D eigenvalue weighted by Crippen LogP contribution is -2.50. The number of rotatable bonds is 4. The third-order valence-corrected chi connectivity index (χ3v) is 5.00. The molecule has 0 saturated heterocycles. The van der Waals surface area contributed by atoms with Crippen molar-refractivity contribution in [3.05, 3.63) is 17.6 Å². The lowest BCUT2D eigenvalue weighted by Gasteiger charge is -2.38. The molecule has 2 rings (SSSR count). The Balaban J connectivity index is 2.27. The van der Waals surface area contributed by atoms with Gasteiger partial charge < -0.3 is 10.2 Å². The first-order valence-corrected chi connectivity index (χ1v) is 7.18. The summed E-state index contributed by atoms with van der Waals surface area (Å²) >= 11 is 0. The summed E-state index contributed by atoms with van der Waals surface area (Å²) in [5.74, 6) is 0.877. The highest BCUT2D eigenvalue weighted by atomic mass is 32.2. The summed E-state index contributed by atoms with van der Waals surface area (Å²) in [7, 11) is -3.50. The molecule has 0 amide bonds. The van der Waals surface area contributed by atoms with Gasteiger partial charge in [0.05, 0.1) is 6.54 Å². The molecule has 1 aliphatic carbocycles.